The molecule has 162 valence electrons. The fraction of sp³-hybridized carbons (Fsp3) is 0.500. The molecule has 0 N–H and O–H groups in total. The molecule has 2 aromatic rings. The van der Waals surface area contributed by atoms with E-state index in [1.165, 1.54) is 42.8 Å². The van der Waals surface area contributed by atoms with Crippen molar-refractivity contribution in [2.75, 3.05) is 70.5 Å². The third kappa shape index (κ3) is 6.38. The maximum atomic E-state index is 5.86. The number of anilines is 1. The molecular formula is C24H33N3O2S. The maximum Gasteiger partial charge on any atom is 0.138 e. The van der Waals surface area contributed by atoms with Gasteiger partial charge in [0.15, 0.2) is 0 Å². The van der Waals surface area contributed by atoms with E-state index in [1.54, 1.807) is 0 Å². The highest BCUT2D eigenvalue weighted by Gasteiger charge is 2.17. The predicted octanol–water partition coefficient (Wildman–Crippen LogP) is 3.93. The van der Waals surface area contributed by atoms with E-state index in [0.717, 1.165) is 63.1 Å². The molecule has 2 fully saturated rings. The van der Waals surface area contributed by atoms with Crippen LogP contribution in [0.15, 0.2) is 53.4 Å². The van der Waals surface area contributed by atoms with E-state index in [9.17, 15) is 0 Å². The summed E-state index contributed by atoms with van der Waals surface area (Å²) in [7, 11) is 0. The summed E-state index contributed by atoms with van der Waals surface area (Å²) in [5.41, 5.74) is 2.55. The van der Waals surface area contributed by atoms with Crippen LogP contribution in [0.1, 0.15) is 12.0 Å². The van der Waals surface area contributed by atoms with Crippen molar-refractivity contribution in [3.8, 4) is 5.75 Å². The van der Waals surface area contributed by atoms with Crippen LogP contribution in [0.3, 0.4) is 0 Å². The highest BCUT2D eigenvalue weighted by molar-refractivity contribution is 7.95. The zero-order valence-electron chi connectivity index (χ0n) is 18.0. The van der Waals surface area contributed by atoms with Crippen LogP contribution < -0.4 is 9.08 Å². The summed E-state index contributed by atoms with van der Waals surface area (Å²) >= 11 is 1.41. The minimum absolute atomic E-state index is 0.895. The van der Waals surface area contributed by atoms with Gasteiger partial charge in [0.1, 0.15) is 5.75 Å². The second kappa shape index (κ2) is 11.0. The van der Waals surface area contributed by atoms with Crippen LogP contribution in [0.25, 0.3) is 0 Å². The third-order valence-corrected chi connectivity index (χ3v) is 6.62. The minimum Gasteiger partial charge on any atom is -0.421 e. The van der Waals surface area contributed by atoms with Gasteiger partial charge in [-0.05, 0) is 62.8 Å². The fourth-order valence-electron chi connectivity index (χ4n) is 3.97. The standard InChI is InChI=1S/C24H33N3O2S/c1-21-3-9-24(10-4-21)30-29-23-7-5-22(6-8-23)27-15-13-25(14-16-27)11-2-12-26-17-19-28-20-18-26/h3-10H,2,11-20H2,1H3. The number of piperazine rings is 1. The first-order valence-electron chi connectivity index (χ1n) is 11.0. The lowest BCUT2D eigenvalue weighted by Crippen LogP contribution is -2.47. The zero-order valence-corrected chi connectivity index (χ0v) is 18.8. The van der Waals surface area contributed by atoms with Crippen LogP contribution in [-0.2, 0) is 4.74 Å². The molecular weight excluding hydrogens is 394 g/mol. The summed E-state index contributed by atoms with van der Waals surface area (Å²) in [6.45, 7) is 13.0. The van der Waals surface area contributed by atoms with Crippen molar-refractivity contribution in [2.45, 2.75) is 18.2 Å². The Morgan fingerprint density at radius 1 is 0.800 bits per heavy atom. The number of hydrogen-bond donors (Lipinski definition) is 0. The van der Waals surface area contributed by atoms with Crippen LogP contribution in [0.5, 0.6) is 5.75 Å². The quantitative estimate of drug-likeness (QED) is 0.593. The van der Waals surface area contributed by atoms with Crippen molar-refractivity contribution in [1.82, 2.24) is 9.80 Å². The molecule has 6 heteroatoms. The molecule has 2 aliphatic rings. The molecule has 2 saturated heterocycles. The van der Waals surface area contributed by atoms with Crippen LogP contribution in [-0.4, -0.2) is 75.4 Å². The Bertz CT molecular complexity index is 755. The van der Waals surface area contributed by atoms with Gasteiger partial charge >= 0.3 is 0 Å². The van der Waals surface area contributed by atoms with Gasteiger partial charge in [-0.2, -0.15) is 0 Å². The van der Waals surface area contributed by atoms with E-state index in [4.69, 9.17) is 8.92 Å². The molecule has 30 heavy (non-hydrogen) atoms. The molecule has 0 radical (unpaired) electrons. The fourth-order valence-corrected chi connectivity index (χ4v) is 4.53. The maximum absolute atomic E-state index is 5.86. The SMILES string of the molecule is Cc1ccc(SOc2ccc(N3CCN(CCCN4CCOCC4)CC3)cc2)cc1. The Hall–Kier alpha value is -1.73. The largest absolute Gasteiger partial charge is 0.421 e. The molecule has 2 aliphatic heterocycles. The second-order valence-electron chi connectivity index (χ2n) is 8.11. The van der Waals surface area contributed by atoms with E-state index in [0.29, 0.717) is 0 Å². The first kappa shape index (κ1) is 21.5. The van der Waals surface area contributed by atoms with Gasteiger partial charge in [-0.3, -0.25) is 9.80 Å². The molecule has 0 amide bonds. The van der Waals surface area contributed by atoms with Crippen molar-refractivity contribution in [3.05, 3.63) is 54.1 Å². The van der Waals surface area contributed by atoms with Gasteiger partial charge in [0, 0.05) is 49.9 Å². The van der Waals surface area contributed by atoms with Gasteiger partial charge < -0.3 is 13.8 Å². The van der Waals surface area contributed by atoms with Gasteiger partial charge in [-0.1, -0.05) is 17.7 Å². The third-order valence-electron chi connectivity index (χ3n) is 5.88. The Morgan fingerprint density at radius 2 is 1.43 bits per heavy atom. The van der Waals surface area contributed by atoms with Crippen molar-refractivity contribution in [2.24, 2.45) is 0 Å². The number of rotatable bonds is 8. The molecule has 0 aromatic heterocycles. The molecule has 0 saturated carbocycles. The van der Waals surface area contributed by atoms with Crippen LogP contribution in [0.4, 0.5) is 5.69 Å². The molecule has 2 aromatic carbocycles. The molecule has 0 unspecified atom stereocenters. The normalized spacial score (nSPS) is 18.5. The number of ether oxygens (including phenoxy) is 1. The number of benzene rings is 2. The van der Waals surface area contributed by atoms with Gasteiger partial charge in [-0.25, -0.2) is 0 Å². The smallest absolute Gasteiger partial charge is 0.138 e. The van der Waals surface area contributed by atoms with Crippen molar-refractivity contribution < 1.29 is 8.92 Å². The Morgan fingerprint density at radius 3 is 2.10 bits per heavy atom. The topological polar surface area (TPSA) is 28.2 Å². The number of hydrogen-bond acceptors (Lipinski definition) is 6. The first-order valence-corrected chi connectivity index (χ1v) is 11.8. The van der Waals surface area contributed by atoms with E-state index < -0.39 is 0 Å². The number of nitrogens with zero attached hydrogens (tertiary/aromatic N) is 3. The number of morpholine rings is 1. The Kier molecular flexibility index (Phi) is 7.92. The van der Waals surface area contributed by atoms with E-state index in [-0.39, 0.29) is 0 Å². The molecule has 4 rings (SSSR count). The summed E-state index contributed by atoms with van der Waals surface area (Å²) in [5.74, 6) is 0.895. The van der Waals surface area contributed by atoms with Gasteiger partial charge in [0.25, 0.3) is 0 Å². The molecule has 0 bridgehead atoms. The van der Waals surface area contributed by atoms with Crippen molar-refractivity contribution in [3.63, 3.8) is 0 Å². The summed E-state index contributed by atoms with van der Waals surface area (Å²) in [5, 5.41) is 0. The van der Waals surface area contributed by atoms with Crippen LogP contribution in [0, 0.1) is 6.92 Å². The minimum atomic E-state index is 0.895. The first-order chi connectivity index (χ1) is 14.8. The van der Waals surface area contributed by atoms with E-state index in [1.807, 2.05) is 0 Å². The molecule has 5 nitrogen and oxygen atoms in total. The lowest BCUT2D eigenvalue weighted by atomic mass is 10.2. The highest BCUT2D eigenvalue weighted by atomic mass is 32.2. The lowest BCUT2D eigenvalue weighted by molar-refractivity contribution is 0.0360. The summed E-state index contributed by atoms with van der Waals surface area (Å²) < 4.78 is 11.3. The number of aryl methyl sites for hydroxylation is 1. The average Bonchev–Trinajstić information content (AvgIpc) is 2.80. The Balaban J connectivity index is 1.16. The van der Waals surface area contributed by atoms with Crippen LogP contribution >= 0.6 is 12.0 Å². The molecule has 0 spiro atoms. The zero-order chi connectivity index (χ0) is 20.6. The lowest BCUT2D eigenvalue weighted by Gasteiger charge is -2.36. The van der Waals surface area contributed by atoms with Gasteiger partial charge in [0.05, 0.1) is 25.3 Å². The second-order valence-corrected chi connectivity index (χ2v) is 8.91. The Labute approximate surface area is 185 Å². The van der Waals surface area contributed by atoms with Crippen LogP contribution in [0.2, 0.25) is 0 Å². The highest BCUT2D eigenvalue weighted by Crippen LogP contribution is 2.26. The molecule has 0 aliphatic carbocycles. The summed E-state index contributed by atoms with van der Waals surface area (Å²) in [6, 6.07) is 16.9. The van der Waals surface area contributed by atoms with Gasteiger partial charge in [-0.15, -0.1) is 0 Å². The predicted molar refractivity (Wildman–Crippen MR) is 125 cm³/mol. The van der Waals surface area contributed by atoms with Crippen molar-refractivity contribution >= 4 is 17.7 Å². The average molecular weight is 428 g/mol. The van der Waals surface area contributed by atoms with Crippen molar-refractivity contribution in [1.29, 1.82) is 0 Å². The van der Waals surface area contributed by atoms with E-state index in [2.05, 4.69) is 70.2 Å². The molecule has 0 atom stereocenters. The van der Waals surface area contributed by atoms with Gasteiger partial charge in [0.2, 0.25) is 0 Å². The summed E-state index contributed by atoms with van der Waals surface area (Å²) in [4.78, 5) is 8.73. The van der Waals surface area contributed by atoms with E-state index >= 15 is 0 Å². The molecule has 2 heterocycles. The monoisotopic (exact) mass is 427 g/mol. The summed E-state index contributed by atoms with van der Waals surface area (Å²) in [6.07, 6.45) is 1.25.